The van der Waals surface area contributed by atoms with Gasteiger partial charge in [0.25, 0.3) is 0 Å². The second kappa shape index (κ2) is 5.32. The molecule has 3 nitrogen and oxygen atoms in total. The number of rotatable bonds is 4. The SMILES string of the molecule is O=C(C=Cc1ccoc1)NCc1ccsc1. The van der Waals surface area contributed by atoms with Crippen molar-refractivity contribution in [3.63, 3.8) is 0 Å². The van der Waals surface area contributed by atoms with Gasteiger partial charge in [0.1, 0.15) is 0 Å². The van der Waals surface area contributed by atoms with Gasteiger partial charge in [0.2, 0.25) is 5.91 Å². The number of carbonyl (C=O) groups excluding carboxylic acids is 1. The molecule has 0 aliphatic rings. The van der Waals surface area contributed by atoms with E-state index in [-0.39, 0.29) is 5.91 Å². The molecule has 4 heteroatoms. The van der Waals surface area contributed by atoms with Gasteiger partial charge in [0.05, 0.1) is 12.5 Å². The summed E-state index contributed by atoms with van der Waals surface area (Å²) in [7, 11) is 0. The van der Waals surface area contributed by atoms with E-state index in [0.29, 0.717) is 6.54 Å². The van der Waals surface area contributed by atoms with E-state index >= 15 is 0 Å². The zero-order valence-electron chi connectivity index (χ0n) is 8.55. The summed E-state index contributed by atoms with van der Waals surface area (Å²) in [5, 5.41) is 6.80. The zero-order valence-corrected chi connectivity index (χ0v) is 9.37. The lowest BCUT2D eigenvalue weighted by Crippen LogP contribution is -2.19. The molecule has 0 aliphatic heterocycles. The highest BCUT2D eigenvalue weighted by molar-refractivity contribution is 7.07. The van der Waals surface area contributed by atoms with Crippen LogP contribution >= 0.6 is 11.3 Å². The lowest BCUT2D eigenvalue weighted by molar-refractivity contribution is -0.116. The Morgan fingerprint density at radius 3 is 3.12 bits per heavy atom. The summed E-state index contributed by atoms with van der Waals surface area (Å²) < 4.78 is 4.88. The first kappa shape index (κ1) is 10.7. The summed E-state index contributed by atoms with van der Waals surface area (Å²) in [6.07, 6.45) is 6.37. The molecule has 2 aromatic rings. The van der Waals surface area contributed by atoms with Gasteiger partial charge < -0.3 is 9.73 Å². The first-order valence-corrected chi connectivity index (χ1v) is 5.78. The number of amides is 1. The Kier molecular flexibility index (Phi) is 3.56. The Balaban J connectivity index is 1.81. The Bertz CT molecular complexity index is 457. The predicted molar refractivity (Wildman–Crippen MR) is 63.9 cm³/mol. The van der Waals surface area contributed by atoms with Crippen LogP contribution in [0.15, 0.2) is 45.9 Å². The summed E-state index contributed by atoms with van der Waals surface area (Å²) in [4.78, 5) is 11.4. The third kappa shape index (κ3) is 3.10. The van der Waals surface area contributed by atoms with Crippen LogP contribution in [0.25, 0.3) is 6.08 Å². The van der Waals surface area contributed by atoms with Crippen molar-refractivity contribution < 1.29 is 9.21 Å². The Hall–Kier alpha value is -1.81. The standard InChI is InChI=1S/C12H11NO2S/c14-12(2-1-10-3-5-15-8-10)13-7-11-4-6-16-9-11/h1-6,8-9H,7H2,(H,13,14). The number of hydrogen-bond acceptors (Lipinski definition) is 3. The van der Waals surface area contributed by atoms with Crippen molar-refractivity contribution in [2.75, 3.05) is 0 Å². The van der Waals surface area contributed by atoms with Gasteiger partial charge in [0.15, 0.2) is 0 Å². The highest BCUT2D eigenvalue weighted by atomic mass is 32.1. The Morgan fingerprint density at radius 1 is 1.50 bits per heavy atom. The minimum atomic E-state index is -0.104. The molecular formula is C12H11NO2S. The molecule has 0 bridgehead atoms. The largest absolute Gasteiger partial charge is 0.472 e. The van der Waals surface area contributed by atoms with Gasteiger partial charge in [-0.3, -0.25) is 4.79 Å². The van der Waals surface area contributed by atoms with Crippen molar-refractivity contribution in [1.29, 1.82) is 0 Å². The number of carbonyl (C=O) groups is 1. The summed E-state index contributed by atoms with van der Waals surface area (Å²) in [6, 6.07) is 3.79. The molecule has 2 heterocycles. The molecule has 1 amide bonds. The fraction of sp³-hybridized carbons (Fsp3) is 0.0833. The molecule has 0 spiro atoms. The first-order valence-electron chi connectivity index (χ1n) is 4.84. The molecule has 0 unspecified atom stereocenters. The molecule has 0 radical (unpaired) electrons. The van der Waals surface area contributed by atoms with E-state index in [1.54, 1.807) is 36.0 Å². The summed E-state index contributed by atoms with van der Waals surface area (Å²) in [5.41, 5.74) is 2.00. The molecule has 0 aromatic carbocycles. The third-order valence-electron chi connectivity index (χ3n) is 2.02. The molecule has 1 N–H and O–H groups in total. The molecule has 0 fully saturated rings. The summed E-state index contributed by atoms with van der Waals surface area (Å²) in [6.45, 7) is 0.568. The Labute approximate surface area is 97.4 Å². The minimum absolute atomic E-state index is 0.104. The monoisotopic (exact) mass is 233 g/mol. The molecule has 82 valence electrons. The highest BCUT2D eigenvalue weighted by Crippen LogP contribution is 2.05. The van der Waals surface area contributed by atoms with Crippen LogP contribution < -0.4 is 5.32 Å². The average Bonchev–Trinajstić information content (AvgIpc) is 2.96. The molecule has 0 saturated heterocycles. The quantitative estimate of drug-likeness (QED) is 0.825. The van der Waals surface area contributed by atoms with E-state index in [2.05, 4.69) is 5.32 Å². The predicted octanol–water partition coefficient (Wildman–Crippen LogP) is 2.67. The third-order valence-corrected chi connectivity index (χ3v) is 2.75. The van der Waals surface area contributed by atoms with E-state index in [4.69, 9.17) is 4.42 Å². The van der Waals surface area contributed by atoms with Crippen molar-refractivity contribution in [3.8, 4) is 0 Å². The second-order valence-corrected chi connectivity index (χ2v) is 4.02. The van der Waals surface area contributed by atoms with E-state index in [9.17, 15) is 4.79 Å². The van der Waals surface area contributed by atoms with Crippen molar-refractivity contribution in [2.45, 2.75) is 6.54 Å². The summed E-state index contributed by atoms with van der Waals surface area (Å²) in [5.74, 6) is -0.104. The number of nitrogens with one attached hydrogen (secondary N) is 1. The Morgan fingerprint density at radius 2 is 2.44 bits per heavy atom. The van der Waals surface area contributed by atoms with E-state index in [0.717, 1.165) is 11.1 Å². The van der Waals surface area contributed by atoms with Gasteiger partial charge >= 0.3 is 0 Å². The van der Waals surface area contributed by atoms with Crippen LogP contribution in [-0.2, 0) is 11.3 Å². The number of furan rings is 1. The van der Waals surface area contributed by atoms with Crippen LogP contribution in [-0.4, -0.2) is 5.91 Å². The molecule has 0 atom stereocenters. The summed E-state index contributed by atoms with van der Waals surface area (Å²) >= 11 is 1.62. The average molecular weight is 233 g/mol. The smallest absolute Gasteiger partial charge is 0.244 e. The van der Waals surface area contributed by atoms with Crippen LogP contribution in [0, 0.1) is 0 Å². The number of thiophene rings is 1. The van der Waals surface area contributed by atoms with Crippen LogP contribution in [0.3, 0.4) is 0 Å². The maximum absolute atomic E-state index is 11.4. The molecule has 0 aliphatic carbocycles. The van der Waals surface area contributed by atoms with Crippen molar-refractivity contribution in [1.82, 2.24) is 5.32 Å². The van der Waals surface area contributed by atoms with E-state index < -0.39 is 0 Å². The van der Waals surface area contributed by atoms with Crippen LogP contribution in [0.2, 0.25) is 0 Å². The van der Waals surface area contributed by atoms with E-state index in [1.807, 2.05) is 16.8 Å². The van der Waals surface area contributed by atoms with Crippen LogP contribution in [0.4, 0.5) is 0 Å². The lowest BCUT2D eigenvalue weighted by Gasteiger charge is -1.98. The van der Waals surface area contributed by atoms with Gasteiger partial charge in [-0.05, 0) is 34.5 Å². The molecule has 2 aromatic heterocycles. The maximum atomic E-state index is 11.4. The zero-order chi connectivity index (χ0) is 11.2. The minimum Gasteiger partial charge on any atom is -0.472 e. The van der Waals surface area contributed by atoms with Gasteiger partial charge in [-0.25, -0.2) is 0 Å². The van der Waals surface area contributed by atoms with Crippen LogP contribution in [0.5, 0.6) is 0 Å². The van der Waals surface area contributed by atoms with Gasteiger partial charge in [-0.2, -0.15) is 11.3 Å². The first-order chi connectivity index (χ1) is 7.84. The maximum Gasteiger partial charge on any atom is 0.244 e. The van der Waals surface area contributed by atoms with Gasteiger partial charge in [0, 0.05) is 18.2 Å². The lowest BCUT2D eigenvalue weighted by atomic mass is 10.3. The van der Waals surface area contributed by atoms with Crippen molar-refractivity contribution in [2.24, 2.45) is 0 Å². The molecular weight excluding hydrogens is 222 g/mol. The second-order valence-electron chi connectivity index (χ2n) is 3.24. The molecule has 2 rings (SSSR count). The molecule has 0 saturated carbocycles. The van der Waals surface area contributed by atoms with Gasteiger partial charge in [-0.1, -0.05) is 0 Å². The van der Waals surface area contributed by atoms with E-state index in [1.165, 1.54) is 6.08 Å². The van der Waals surface area contributed by atoms with Crippen molar-refractivity contribution >= 4 is 23.3 Å². The molecule has 16 heavy (non-hydrogen) atoms. The topological polar surface area (TPSA) is 42.2 Å². The number of hydrogen-bond donors (Lipinski definition) is 1. The van der Waals surface area contributed by atoms with Gasteiger partial charge in [-0.15, -0.1) is 0 Å². The normalized spacial score (nSPS) is 10.8. The van der Waals surface area contributed by atoms with Crippen molar-refractivity contribution in [3.05, 3.63) is 52.6 Å². The highest BCUT2D eigenvalue weighted by Gasteiger charge is 1.97. The fourth-order valence-corrected chi connectivity index (χ4v) is 1.85. The van der Waals surface area contributed by atoms with Crippen LogP contribution in [0.1, 0.15) is 11.1 Å². The fourth-order valence-electron chi connectivity index (χ4n) is 1.18.